The first-order valence-corrected chi connectivity index (χ1v) is 28.2. The minimum Gasteiger partial charge on any atom is -0.508 e. The Kier molecular flexibility index (Phi) is 18.2. The Balaban J connectivity index is 0.756. The largest absolute Gasteiger partial charge is 0.508 e. The number of likely N-dealkylation sites (tertiary alicyclic amines) is 2. The summed E-state index contributed by atoms with van der Waals surface area (Å²) in [5, 5.41) is 26.3. The third-order valence-corrected chi connectivity index (χ3v) is 16.0. The van der Waals surface area contributed by atoms with E-state index in [1.165, 1.54) is 17.0 Å². The van der Waals surface area contributed by atoms with E-state index in [0.717, 1.165) is 47.6 Å². The highest BCUT2D eigenvalue weighted by Crippen LogP contribution is 2.43. The molecule has 3 aliphatic heterocycles. The molecule has 2 aromatic heterocycles. The Hall–Kier alpha value is -6.94. The van der Waals surface area contributed by atoms with Crippen LogP contribution in [0.25, 0.3) is 43.2 Å². The molecule has 0 unspecified atom stereocenters. The van der Waals surface area contributed by atoms with Crippen LogP contribution in [0.3, 0.4) is 0 Å². The summed E-state index contributed by atoms with van der Waals surface area (Å²) in [5.41, 5.74) is 4.26. The Morgan fingerprint density at radius 3 is 2.41 bits per heavy atom. The number of hydrogen-bond donors (Lipinski definition) is 3. The number of rotatable bonds is 18. The Labute approximate surface area is 473 Å². The number of thiazole rings is 1. The minimum atomic E-state index is -0.965. The third-order valence-electron chi connectivity index (χ3n) is 14.8. The Morgan fingerprint density at radius 2 is 1.71 bits per heavy atom. The van der Waals surface area contributed by atoms with Gasteiger partial charge in [0.25, 0.3) is 11.8 Å². The van der Waals surface area contributed by atoms with Gasteiger partial charge in [-0.2, -0.15) is 9.97 Å². The molecule has 18 nitrogen and oxygen atoms in total. The maximum absolute atomic E-state index is 17.1. The number of halogens is 2. The van der Waals surface area contributed by atoms with Crippen molar-refractivity contribution >= 4 is 79.8 Å². The molecule has 0 radical (unpaired) electrons. The molecule has 422 valence electrons. The number of fused-ring (bicyclic) bond motifs is 2. The molecule has 80 heavy (non-hydrogen) atoms. The molecule has 4 aromatic carbocycles. The van der Waals surface area contributed by atoms with Crippen LogP contribution < -0.4 is 15.0 Å². The Bertz CT molecular complexity index is 3300. The van der Waals surface area contributed by atoms with E-state index in [-0.39, 0.29) is 91.0 Å². The fourth-order valence-corrected chi connectivity index (χ4v) is 11.6. The minimum absolute atomic E-state index is 0.00706. The molecule has 3 atom stereocenters. The summed E-state index contributed by atoms with van der Waals surface area (Å²) in [5.74, 6) is -2.14. The van der Waals surface area contributed by atoms with Crippen LogP contribution in [0.1, 0.15) is 64.3 Å². The van der Waals surface area contributed by atoms with E-state index in [4.69, 9.17) is 30.8 Å². The van der Waals surface area contributed by atoms with Gasteiger partial charge in [0, 0.05) is 75.1 Å². The van der Waals surface area contributed by atoms with Gasteiger partial charge in [-0.05, 0) is 78.4 Å². The number of aliphatic imine (C=N–C) groups is 1. The summed E-state index contributed by atoms with van der Waals surface area (Å²) >= 11 is 8.47. The van der Waals surface area contributed by atoms with Gasteiger partial charge in [-0.3, -0.25) is 24.1 Å². The monoisotopic (exact) mass is 1130 g/mol. The number of nitrogens with one attached hydrogen (secondary N) is 1. The highest BCUT2D eigenvalue weighted by molar-refractivity contribution is 7.13. The quantitative estimate of drug-likeness (QED) is 0.0424. The fraction of sp³-hybridized carbons (Fsp3) is 0.424. The molecule has 3 fully saturated rings. The van der Waals surface area contributed by atoms with E-state index >= 15 is 4.39 Å². The topological polar surface area (TPSA) is 212 Å². The summed E-state index contributed by atoms with van der Waals surface area (Å²) in [6.45, 7) is 16.4. The lowest BCUT2D eigenvalue weighted by Crippen LogP contribution is -2.50. The average Bonchev–Trinajstić information content (AvgIpc) is 4.07. The average molecular weight is 1130 g/mol. The van der Waals surface area contributed by atoms with Gasteiger partial charge in [0.05, 0.1) is 52.6 Å². The number of aliphatic hydroxyl groups is 1. The van der Waals surface area contributed by atoms with Crippen LogP contribution in [-0.4, -0.2) is 166 Å². The first kappa shape index (κ1) is 57.7. The number of ether oxygens (including phenoxy) is 3. The second kappa shape index (κ2) is 25.2. The molecule has 3 N–H and O–H groups in total. The molecular formula is C59H67ClFN9O9S. The number of carbonyl (C=O) groups is 4. The van der Waals surface area contributed by atoms with Crippen molar-refractivity contribution < 1.29 is 48.0 Å². The molecule has 3 aliphatic rings. The third kappa shape index (κ3) is 13.3. The van der Waals surface area contributed by atoms with Crippen LogP contribution in [0.4, 0.5) is 10.2 Å². The molecule has 4 amide bonds. The molecule has 0 bridgehead atoms. The lowest BCUT2D eigenvalue weighted by Gasteiger charge is -2.35. The number of aryl methyl sites for hydroxylation is 1. The molecule has 0 saturated carbocycles. The zero-order valence-corrected chi connectivity index (χ0v) is 47.2. The number of anilines is 1. The second-order valence-corrected chi connectivity index (χ2v) is 22.7. The number of hydrogen-bond acceptors (Lipinski definition) is 15. The number of nitrogens with zero attached hydrogens (tertiary/aromatic N) is 8. The van der Waals surface area contributed by atoms with Gasteiger partial charge in [-0.1, -0.05) is 87.5 Å². The highest BCUT2D eigenvalue weighted by Gasteiger charge is 2.43. The van der Waals surface area contributed by atoms with E-state index in [1.807, 2.05) is 67.3 Å². The predicted molar refractivity (Wildman–Crippen MR) is 307 cm³/mol. The van der Waals surface area contributed by atoms with Gasteiger partial charge in [0.1, 0.15) is 42.1 Å². The number of carbonyl (C=O) groups excluding carboxylic acids is 4. The number of benzene rings is 4. The van der Waals surface area contributed by atoms with Crippen LogP contribution in [0.15, 0.2) is 89.9 Å². The molecule has 0 spiro atoms. The molecule has 3 saturated heterocycles. The van der Waals surface area contributed by atoms with Gasteiger partial charge >= 0.3 is 6.01 Å². The summed E-state index contributed by atoms with van der Waals surface area (Å²) in [6, 6.07) is 18.6. The number of amides is 4. The van der Waals surface area contributed by atoms with Gasteiger partial charge in [0.15, 0.2) is 5.82 Å². The number of aromatic hydroxyl groups is 1. The smallest absolute Gasteiger partial charge is 0.319 e. The molecule has 0 aliphatic carbocycles. The second-order valence-electron chi connectivity index (χ2n) is 21.4. The van der Waals surface area contributed by atoms with Crippen molar-refractivity contribution in [3.63, 3.8) is 0 Å². The van der Waals surface area contributed by atoms with Crippen LogP contribution in [0, 0.1) is 18.2 Å². The van der Waals surface area contributed by atoms with E-state index in [1.54, 1.807) is 54.7 Å². The molecule has 6 aromatic rings. The van der Waals surface area contributed by atoms with Crippen LogP contribution >= 0.6 is 22.9 Å². The van der Waals surface area contributed by atoms with Crippen LogP contribution in [-0.2, 0) is 28.7 Å². The lowest BCUT2D eigenvalue weighted by atomic mass is 9.88. The normalized spacial score (nSPS) is 18.0. The van der Waals surface area contributed by atoms with Gasteiger partial charge in [-0.25, -0.2) is 14.4 Å². The zero-order chi connectivity index (χ0) is 56.8. The van der Waals surface area contributed by atoms with Crippen molar-refractivity contribution in [1.29, 1.82) is 0 Å². The van der Waals surface area contributed by atoms with E-state index in [9.17, 15) is 29.4 Å². The van der Waals surface area contributed by atoms with Crippen LogP contribution in [0.5, 0.6) is 11.8 Å². The first-order chi connectivity index (χ1) is 38.4. The first-order valence-electron chi connectivity index (χ1n) is 26.9. The summed E-state index contributed by atoms with van der Waals surface area (Å²) in [7, 11) is 0. The Morgan fingerprint density at radius 1 is 0.975 bits per heavy atom. The van der Waals surface area contributed by atoms with Gasteiger partial charge in [-0.15, -0.1) is 11.3 Å². The molecule has 5 heterocycles. The number of aromatic nitrogens is 3. The maximum Gasteiger partial charge on any atom is 0.319 e. The number of piperazine rings is 1. The number of phenolic OH excluding ortho intramolecular Hbond substituents is 1. The van der Waals surface area contributed by atoms with Crippen molar-refractivity contribution in [3.8, 4) is 33.3 Å². The highest BCUT2D eigenvalue weighted by atomic mass is 35.5. The summed E-state index contributed by atoms with van der Waals surface area (Å²) in [4.78, 5) is 79.6. The SMILES string of the molecule is C=CC(=O)N1CCN(c2nc(OCCN3CCC(OCCOCC(=O)N=C(C(=O)N4C[C@H](O)C[C@H]4C(=O)N[C@@H](C)c4ccc(-c5scnc5C)cc4)C(C)(C)C)CC3)nc3c(F)c(-c4cc(O)cc5ccccc45)c(Cl)cc23)CC1. The van der Waals surface area contributed by atoms with Crippen molar-refractivity contribution in [2.45, 2.75) is 78.2 Å². The van der Waals surface area contributed by atoms with E-state index < -0.39 is 41.1 Å². The molecular weight excluding hydrogens is 1070 g/mol. The van der Waals surface area contributed by atoms with Crippen molar-refractivity contribution in [3.05, 3.63) is 107 Å². The van der Waals surface area contributed by atoms with Gasteiger partial charge in [0.2, 0.25) is 11.8 Å². The summed E-state index contributed by atoms with van der Waals surface area (Å²) < 4.78 is 35.0. The van der Waals surface area contributed by atoms with E-state index in [2.05, 4.69) is 31.8 Å². The number of piperidine rings is 1. The van der Waals surface area contributed by atoms with Gasteiger partial charge < -0.3 is 44.4 Å². The predicted octanol–water partition coefficient (Wildman–Crippen LogP) is 7.94. The number of aliphatic hydroxyl groups excluding tert-OH is 1. The van der Waals surface area contributed by atoms with E-state index in [0.29, 0.717) is 60.3 Å². The van der Waals surface area contributed by atoms with Crippen molar-refractivity contribution in [1.82, 2.24) is 35.0 Å². The molecule has 21 heteroatoms. The number of β-amino-alcohol motifs (C(OH)–C–C–N with tert-alkyl or cyclic N) is 1. The zero-order valence-electron chi connectivity index (χ0n) is 45.6. The summed E-state index contributed by atoms with van der Waals surface area (Å²) in [6.07, 6.45) is 1.83. The fourth-order valence-electron chi connectivity index (χ4n) is 10.5. The lowest BCUT2D eigenvalue weighted by molar-refractivity contribution is -0.134. The number of phenols is 1. The van der Waals surface area contributed by atoms with Crippen molar-refractivity contribution in [2.75, 3.05) is 83.7 Å². The maximum atomic E-state index is 17.1. The van der Waals surface area contributed by atoms with Crippen LogP contribution in [0.2, 0.25) is 5.02 Å². The van der Waals surface area contributed by atoms with Crippen molar-refractivity contribution in [2.24, 2.45) is 10.4 Å². The molecule has 9 rings (SSSR count). The standard InChI is InChI=1S/C59H67ClFN9O9S/c1-7-49(74)68-20-22-69(23-21-68)55-45-31-46(60)50(44-29-40(71)28-39-10-8-9-11-43(39)44)51(61)52(45)65-58(66-55)79-25-24-67-18-16-42(17-19-67)78-27-26-77-33-48(73)64-54(59(4,5)6)57(76)70-32-41(72)30-47(70)56(75)63-35(2)37-12-14-38(15-13-37)53-36(3)62-34-80-53/h7-15,28-29,31,34-35,41-42,47,71-72H,1,16-27,30,32-33H2,2-6H3,(H,63,75)/t35-,41+,47-/m0/s1.